The van der Waals surface area contributed by atoms with Crippen molar-refractivity contribution < 1.29 is 14.2 Å². The SMILES string of the molecule is COc1ccc(CN=C(N)NCC(CC(C)C)N2CCOCC2)cc1OC. The van der Waals surface area contributed by atoms with Crippen LogP contribution in [0.4, 0.5) is 0 Å². The number of rotatable bonds is 9. The van der Waals surface area contributed by atoms with E-state index in [-0.39, 0.29) is 0 Å². The minimum Gasteiger partial charge on any atom is -0.493 e. The number of aliphatic imine (C=N–C) groups is 1. The van der Waals surface area contributed by atoms with E-state index in [0.29, 0.717) is 36.0 Å². The maximum absolute atomic E-state index is 6.10. The molecule has 0 aromatic heterocycles. The van der Waals surface area contributed by atoms with E-state index in [0.717, 1.165) is 44.8 Å². The van der Waals surface area contributed by atoms with E-state index in [4.69, 9.17) is 19.9 Å². The first-order valence-corrected chi connectivity index (χ1v) is 9.60. The number of morpholine rings is 1. The Bertz CT molecular complexity index is 601. The van der Waals surface area contributed by atoms with Gasteiger partial charge < -0.3 is 25.3 Å². The van der Waals surface area contributed by atoms with Crippen molar-refractivity contribution >= 4 is 5.96 Å². The van der Waals surface area contributed by atoms with Crippen LogP contribution in [0, 0.1) is 5.92 Å². The molecule has 1 saturated heterocycles. The van der Waals surface area contributed by atoms with Gasteiger partial charge in [0.05, 0.1) is 34.0 Å². The molecule has 1 aliphatic heterocycles. The van der Waals surface area contributed by atoms with Crippen LogP contribution in [0.5, 0.6) is 11.5 Å². The quantitative estimate of drug-likeness (QED) is 0.504. The molecule has 2 rings (SSSR count). The minimum absolute atomic E-state index is 0.434. The lowest BCUT2D eigenvalue weighted by Gasteiger charge is -2.35. The number of nitrogens with two attached hydrogens (primary N) is 1. The number of hydrogen-bond donors (Lipinski definition) is 2. The predicted octanol–water partition coefficient (Wildman–Crippen LogP) is 1.86. The predicted molar refractivity (Wildman–Crippen MR) is 109 cm³/mol. The Hall–Kier alpha value is -1.99. The fourth-order valence-corrected chi connectivity index (χ4v) is 3.28. The Morgan fingerprint density at radius 2 is 1.93 bits per heavy atom. The maximum atomic E-state index is 6.10. The summed E-state index contributed by atoms with van der Waals surface area (Å²) in [6.07, 6.45) is 1.12. The van der Waals surface area contributed by atoms with E-state index in [2.05, 4.69) is 29.1 Å². The molecule has 1 atom stereocenters. The van der Waals surface area contributed by atoms with E-state index in [1.807, 2.05) is 18.2 Å². The van der Waals surface area contributed by atoms with Gasteiger partial charge in [-0.15, -0.1) is 0 Å². The number of methoxy groups -OCH3 is 2. The molecule has 0 spiro atoms. The smallest absolute Gasteiger partial charge is 0.188 e. The van der Waals surface area contributed by atoms with E-state index in [9.17, 15) is 0 Å². The number of ether oxygens (including phenoxy) is 3. The summed E-state index contributed by atoms with van der Waals surface area (Å²) in [6, 6.07) is 6.20. The summed E-state index contributed by atoms with van der Waals surface area (Å²) in [5.41, 5.74) is 7.11. The molecule has 1 aromatic carbocycles. The van der Waals surface area contributed by atoms with Crippen molar-refractivity contribution in [2.75, 3.05) is 47.1 Å². The van der Waals surface area contributed by atoms with Crippen LogP contribution in [0.1, 0.15) is 25.8 Å². The maximum Gasteiger partial charge on any atom is 0.188 e. The van der Waals surface area contributed by atoms with Gasteiger partial charge >= 0.3 is 0 Å². The highest BCUT2D eigenvalue weighted by Gasteiger charge is 2.21. The second-order valence-electron chi connectivity index (χ2n) is 7.20. The number of nitrogens with zero attached hydrogens (tertiary/aromatic N) is 2. The van der Waals surface area contributed by atoms with Gasteiger partial charge in [-0.05, 0) is 30.0 Å². The van der Waals surface area contributed by atoms with E-state index in [1.165, 1.54) is 0 Å². The third kappa shape index (κ3) is 6.92. The van der Waals surface area contributed by atoms with Gasteiger partial charge in [-0.1, -0.05) is 19.9 Å². The van der Waals surface area contributed by atoms with E-state index >= 15 is 0 Å². The molecular weight excluding hydrogens is 344 g/mol. The number of nitrogens with one attached hydrogen (secondary N) is 1. The van der Waals surface area contributed by atoms with Gasteiger partial charge in [0, 0.05) is 25.7 Å². The van der Waals surface area contributed by atoms with Crippen molar-refractivity contribution in [2.24, 2.45) is 16.6 Å². The molecule has 1 aromatic rings. The van der Waals surface area contributed by atoms with Gasteiger partial charge in [0.1, 0.15) is 0 Å². The number of hydrogen-bond acceptors (Lipinski definition) is 5. The first-order chi connectivity index (χ1) is 13.0. The van der Waals surface area contributed by atoms with Gasteiger partial charge in [-0.25, -0.2) is 4.99 Å². The Labute approximate surface area is 162 Å². The summed E-state index contributed by atoms with van der Waals surface area (Å²) in [5, 5.41) is 3.30. The number of guanidine groups is 1. The summed E-state index contributed by atoms with van der Waals surface area (Å²) in [4.78, 5) is 6.95. The first-order valence-electron chi connectivity index (χ1n) is 9.60. The fraction of sp³-hybridized carbons (Fsp3) is 0.650. The van der Waals surface area contributed by atoms with Gasteiger partial charge in [0.15, 0.2) is 17.5 Å². The normalized spacial score (nSPS) is 17.0. The standard InChI is InChI=1S/C20H34N4O3/c1-15(2)11-17(24-7-9-27-10-8-24)14-23-20(21)22-13-16-5-6-18(25-3)19(12-16)26-4/h5-6,12,15,17H,7-11,13-14H2,1-4H3,(H3,21,22,23). The Morgan fingerprint density at radius 1 is 1.22 bits per heavy atom. The third-order valence-electron chi connectivity index (χ3n) is 4.70. The van der Waals surface area contributed by atoms with Crippen molar-refractivity contribution in [2.45, 2.75) is 32.9 Å². The lowest BCUT2D eigenvalue weighted by molar-refractivity contribution is 0.0133. The monoisotopic (exact) mass is 378 g/mol. The molecule has 1 unspecified atom stereocenters. The van der Waals surface area contributed by atoms with Crippen molar-refractivity contribution in [3.8, 4) is 11.5 Å². The molecular formula is C20H34N4O3. The second-order valence-corrected chi connectivity index (χ2v) is 7.20. The Balaban J connectivity index is 1.91. The molecule has 27 heavy (non-hydrogen) atoms. The van der Waals surface area contributed by atoms with Gasteiger partial charge in [0.2, 0.25) is 0 Å². The van der Waals surface area contributed by atoms with Crippen molar-refractivity contribution in [3.05, 3.63) is 23.8 Å². The van der Waals surface area contributed by atoms with Crippen molar-refractivity contribution in [1.29, 1.82) is 0 Å². The first kappa shape index (κ1) is 21.3. The highest BCUT2D eigenvalue weighted by atomic mass is 16.5. The van der Waals surface area contributed by atoms with Crippen LogP contribution >= 0.6 is 0 Å². The third-order valence-corrected chi connectivity index (χ3v) is 4.70. The average Bonchev–Trinajstić information content (AvgIpc) is 2.69. The van der Waals surface area contributed by atoms with Gasteiger partial charge in [-0.3, -0.25) is 4.90 Å². The fourth-order valence-electron chi connectivity index (χ4n) is 3.28. The zero-order valence-electron chi connectivity index (χ0n) is 17.0. The molecule has 0 radical (unpaired) electrons. The molecule has 7 nitrogen and oxygen atoms in total. The lowest BCUT2D eigenvalue weighted by atomic mass is 10.0. The Morgan fingerprint density at radius 3 is 2.56 bits per heavy atom. The molecule has 0 amide bonds. The largest absolute Gasteiger partial charge is 0.493 e. The molecule has 1 fully saturated rings. The van der Waals surface area contributed by atoms with E-state index < -0.39 is 0 Å². The van der Waals surface area contributed by atoms with Gasteiger partial charge in [0.25, 0.3) is 0 Å². The lowest BCUT2D eigenvalue weighted by Crippen LogP contribution is -2.50. The molecule has 152 valence electrons. The molecule has 0 saturated carbocycles. The zero-order valence-corrected chi connectivity index (χ0v) is 17.0. The summed E-state index contributed by atoms with van der Waals surface area (Å²) >= 11 is 0. The van der Waals surface area contributed by atoms with Crippen LogP contribution in [0.3, 0.4) is 0 Å². The molecule has 0 bridgehead atoms. The minimum atomic E-state index is 0.434. The zero-order chi connectivity index (χ0) is 19.6. The molecule has 0 aliphatic carbocycles. The van der Waals surface area contributed by atoms with Crippen LogP contribution in [-0.2, 0) is 11.3 Å². The van der Waals surface area contributed by atoms with Gasteiger partial charge in [-0.2, -0.15) is 0 Å². The highest BCUT2D eigenvalue weighted by molar-refractivity contribution is 5.77. The van der Waals surface area contributed by atoms with Crippen LogP contribution in [-0.4, -0.2) is 64.0 Å². The summed E-state index contributed by atoms with van der Waals surface area (Å²) in [7, 11) is 3.25. The summed E-state index contributed by atoms with van der Waals surface area (Å²) in [6.45, 7) is 9.34. The highest BCUT2D eigenvalue weighted by Crippen LogP contribution is 2.27. The summed E-state index contributed by atoms with van der Waals surface area (Å²) in [5.74, 6) is 2.50. The van der Waals surface area contributed by atoms with Crippen LogP contribution in [0.2, 0.25) is 0 Å². The average molecular weight is 379 g/mol. The van der Waals surface area contributed by atoms with Crippen LogP contribution in [0.15, 0.2) is 23.2 Å². The molecule has 7 heteroatoms. The molecule has 1 heterocycles. The van der Waals surface area contributed by atoms with Crippen molar-refractivity contribution in [3.63, 3.8) is 0 Å². The van der Waals surface area contributed by atoms with Crippen molar-refractivity contribution in [1.82, 2.24) is 10.2 Å². The van der Waals surface area contributed by atoms with Crippen LogP contribution < -0.4 is 20.5 Å². The second kappa shape index (κ2) is 11.0. The molecule has 1 aliphatic rings. The topological polar surface area (TPSA) is 81.3 Å². The molecule has 3 N–H and O–H groups in total. The number of benzene rings is 1. The summed E-state index contributed by atoms with van der Waals surface area (Å²) < 4.78 is 16.1. The van der Waals surface area contributed by atoms with Crippen LogP contribution in [0.25, 0.3) is 0 Å². The Kier molecular flexibility index (Phi) is 8.67. The van der Waals surface area contributed by atoms with E-state index in [1.54, 1.807) is 14.2 Å².